The predicted octanol–water partition coefficient (Wildman–Crippen LogP) is -0.918. The van der Waals surface area contributed by atoms with Gasteiger partial charge in [0.15, 0.2) is 0 Å². The Bertz CT molecular complexity index is 775. The van der Waals surface area contributed by atoms with Crippen molar-refractivity contribution in [3.63, 3.8) is 0 Å². The van der Waals surface area contributed by atoms with Gasteiger partial charge in [0.2, 0.25) is 21.7 Å². The van der Waals surface area contributed by atoms with E-state index in [1.165, 1.54) is 0 Å². The van der Waals surface area contributed by atoms with E-state index in [4.69, 9.17) is 10.2 Å². The van der Waals surface area contributed by atoms with E-state index in [-0.39, 0.29) is 6.54 Å². The summed E-state index contributed by atoms with van der Waals surface area (Å²) < 4.78 is 22.6. The number of carboxylic acids is 1. The minimum Gasteiger partial charge on any atom is -0.478 e. The molecule has 1 unspecified atom stereocenters. The second-order valence-corrected chi connectivity index (χ2v) is 6.39. The molecule has 0 radical (unpaired) electrons. The third-order valence-corrected chi connectivity index (χ3v) is 4.35. The van der Waals surface area contributed by atoms with Crippen LogP contribution < -0.4 is 10.0 Å². The summed E-state index contributed by atoms with van der Waals surface area (Å²) in [6.45, 7) is -0.377. The summed E-state index contributed by atoms with van der Waals surface area (Å²) in [5, 5.41) is 23.6. The number of pyridine rings is 1. The second kappa shape index (κ2) is 5.31. The number of rotatable bonds is 4. The fraction of sp³-hybridized carbons (Fsp3) is 0.300. The van der Waals surface area contributed by atoms with E-state index in [2.05, 4.69) is 4.98 Å². The summed E-state index contributed by atoms with van der Waals surface area (Å²) in [5.74, 6) is -2.53. The molecule has 1 atom stereocenters. The zero-order valence-electron chi connectivity index (χ0n) is 10.9. The Morgan fingerprint density at radius 1 is 1.55 bits per heavy atom. The van der Waals surface area contributed by atoms with Crippen LogP contribution >= 0.6 is 0 Å². The molecular formula is C10H10N4O7S. The van der Waals surface area contributed by atoms with Crippen molar-refractivity contribution in [2.75, 3.05) is 11.4 Å². The summed E-state index contributed by atoms with van der Waals surface area (Å²) in [6, 6.07) is 0.752. The van der Waals surface area contributed by atoms with Crippen LogP contribution in [0.5, 0.6) is 0 Å². The van der Waals surface area contributed by atoms with Gasteiger partial charge in [-0.25, -0.2) is 23.3 Å². The van der Waals surface area contributed by atoms with Gasteiger partial charge in [-0.2, -0.15) is 0 Å². The molecule has 0 bridgehead atoms. The number of nitrogens with two attached hydrogens (primary N) is 1. The molecule has 1 aromatic heterocycles. The number of anilines is 1. The molecule has 11 nitrogen and oxygen atoms in total. The quantitative estimate of drug-likeness (QED) is 0.526. The molecule has 22 heavy (non-hydrogen) atoms. The van der Waals surface area contributed by atoms with Crippen molar-refractivity contribution in [2.45, 2.75) is 11.7 Å². The number of carboxylic acid groups (broad SMARTS) is 1. The number of nitrogens with zero attached hydrogens (tertiary/aromatic N) is 3. The predicted molar refractivity (Wildman–Crippen MR) is 71.7 cm³/mol. The van der Waals surface area contributed by atoms with E-state index in [0.29, 0.717) is 0 Å². The van der Waals surface area contributed by atoms with Crippen LogP contribution in [-0.2, 0) is 14.8 Å². The number of carbonyl (C=O) groups excluding carboxylic acids is 1. The van der Waals surface area contributed by atoms with Gasteiger partial charge in [-0.3, -0.25) is 19.8 Å². The molecule has 1 aliphatic rings. The first kappa shape index (κ1) is 15.8. The van der Waals surface area contributed by atoms with Gasteiger partial charge in [0.05, 0.1) is 10.5 Å². The molecule has 0 aliphatic carbocycles. The largest absolute Gasteiger partial charge is 0.478 e. The van der Waals surface area contributed by atoms with Crippen molar-refractivity contribution in [3.8, 4) is 0 Å². The van der Waals surface area contributed by atoms with Crippen molar-refractivity contribution >= 4 is 33.4 Å². The number of hydrogen-bond acceptors (Lipinski definition) is 7. The average Bonchev–Trinajstić information content (AvgIpc) is 2.79. The van der Waals surface area contributed by atoms with Crippen LogP contribution in [0.1, 0.15) is 16.8 Å². The molecule has 1 fully saturated rings. The maximum Gasteiger partial charge on any atom is 0.337 e. The monoisotopic (exact) mass is 330 g/mol. The highest BCUT2D eigenvalue weighted by atomic mass is 32.2. The normalized spacial score (nSPS) is 18.5. The lowest BCUT2D eigenvalue weighted by Crippen LogP contribution is -2.32. The van der Waals surface area contributed by atoms with E-state index in [1.807, 2.05) is 0 Å². The van der Waals surface area contributed by atoms with Gasteiger partial charge in [-0.05, 0) is 0 Å². The minimum absolute atomic E-state index is 0.377. The highest BCUT2D eigenvalue weighted by Gasteiger charge is 2.40. The summed E-state index contributed by atoms with van der Waals surface area (Å²) in [7, 11) is -3.99. The molecule has 0 spiro atoms. The molecule has 3 N–H and O–H groups in total. The smallest absolute Gasteiger partial charge is 0.337 e. The molecule has 1 saturated heterocycles. The van der Waals surface area contributed by atoms with Crippen molar-refractivity contribution in [1.82, 2.24) is 4.98 Å². The van der Waals surface area contributed by atoms with Crippen LogP contribution in [-0.4, -0.2) is 47.1 Å². The summed E-state index contributed by atoms with van der Waals surface area (Å²) in [6.07, 6.45) is 0.431. The van der Waals surface area contributed by atoms with E-state index in [1.54, 1.807) is 0 Å². The first-order valence-corrected chi connectivity index (χ1v) is 7.42. The Morgan fingerprint density at radius 3 is 2.64 bits per heavy atom. The van der Waals surface area contributed by atoms with Gasteiger partial charge in [-0.1, -0.05) is 0 Å². The van der Waals surface area contributed by atoms with E-state index < -0.39 is 55.6 Å². The molecular weight excluding hydrogens is 320 g/mol. The Labute approximate surface area is 123 Å². The van der Waals surface area contributed by atoms with Crippen molar-refractivity contribution in [3.05, 3.63) is 27.9 Å². The molecule has 1 aromatic rings. The zero-order chi connectivity index (χ0) is 16.7. The van der Waals surface area contributed by atoms with Gasteiger partial charge >= 0.3 is 11.7 Å². The summed E-state index contributed by atoms with van der Waals surface area (Å²) in [4.78, 5) is 37.2. The summed E-state index contributed by atoms with van der Waals surface area (Å²) >= 11 is 0. The summed E-state index contributed by atoms with van der Waals surface area (Å²) in [5.41, 5.74) is -1.13. The number of carbonyl (C=O) groups is 2. The second-order valence-electron chi connectivity index (χ2n) is 4.55. The molecule has 1 amide bonds. The van der Waals surface area contributed by atoms with Crippen molar-refractivity contribution in [1.29, 1.82) is 0 Å². The topological polar surface area (TPSA) is 174 Å². The van der Waals surface area contributed by atoms with Crippen LogP contribution in [0.4, 0.5) is 11.5 Å². The van der Waals surface area contributed by atoms with Gasteiger partial charge in [0.25, 0.3) is 0 Å². The van der Waals surface area contributed by atoms with Crippen LogP contribution in [0.15, 0.2) is 12.3 Å². The van der Waals surface area contributed by atoms with Crippen molar-refractivity contribution in [2.24, 2.45) is 5.14 Å². The Hall–Kier alpha value is -2.60. The van der Waals surface area contributed by atoms with Crippen LogP contribution in [0.25, 0.3) is 0 Å². The van der Waals surface area contributed by atoms with E-state index in [0.717, 1.165) is 17.2 Å². The third-order valence-electron chi connectivity index (χ3n) is 3.10. The Morgan fingerprint density at radius 2 is 2.18 bits per heavy atom. The third kappa shape index (κ3) is 2.87. The number of hydrogen-bond donors (Lipinski definition) is 2. The van der Waals surface area contributed by atoms with E-state index in [9.17, 15) is 28.1 Å². The fourth-order valence-electron chi connectivity index (χ4n) is 2.00. The molecule has 12 heteroatoms. The first-order valence-electron chi connectivity index (χ1n) is 5.81. The highest BCUT2D eigenvalue weighted by molar-refractivity contribution is 7.89. The molecule has 118 valence electrons. The fourth-order valence-corrected chi connectivity index (χ4v) is 2.74. The average molecular weight is 330 g/mol. The van der Waals surface area contributed by atoms with Crippen LogP contribution in [0.2, 0.25) is 0 Å². The molecule has 2 rings (SSSR count). The Kier molecular flexibility index (Phi) is 3.81. The number of primary sulfonamides is 1. The van der Waals surface area contributed by atoms with Crippen LogP contribution in [0, 0.1) is 10.1 Å². The van der Waals surface area contributed by atoms with Gasteiger partial charge in [-0.15, -0.1) is 0 Å². The van der Waals surface area contributed by atoms with Crippen molar-refractivity contribution < 1.29 is 28.0 Å². The maximum atomic E-state index is 11.9. The SMILES string of the molecule is NS(=O)(=O)C1CC(=O)N(c2ncc(C(=O)O)cc2[N+](=O)[O-])C1. The van der Waals surface area contributed by atoms with Gasteiger partial charge in [0, 0.05) is 25.2 Å². The number of aromatic carboxylic acids is 1. The first-order chi connectivity index (χ1) is 10.1. The lowest BCUT2D eigenvalue weighted by atomic mass is 10.2. The van der Waals surface area contributed by atoms with Gasteiger partial charge < -0.3 is 5.11 Å². The minimum atomic E-state index is -3.99. The molecule has 0 saturated carbocycles. The lowest BCUT2D eigenvalue weighted by molar-refractivity contribution is -0.384. The number of nitro groups is 1. The molecule has 1 aliphatic heterocycles. The highest BCUT2D eigenvalue weighted by Crippen LogP contribution is 2.31. The number of amides is 1. The molecule has 2 heterocycles. The zero-order valence-corrected chi connectivity index (χ0v) is 11.7. The maximum absolute atomic E-state index is 11.9. The lowest BCUT2D eigenvalue weighted by Gasteiger charge is -2.15. The standard InChI is InChI=1S/C10H10N4O7S/c11-22(20,21)6-2-8(15)13(4-6)9-7(14(18)19)1-5(3-12-9)10(16)17/h1,3,6H,2,4H2,(H,16,17)(H2,11,20,21). The van der Waals surface area contributed by atoms with Crippen LogP contribution in [0.3, 0.4) is 0 Å². The van der Waals surface area contributed by atoms with E-state index >= 15 is 0 Å². The molecule has 0 aromatic carbocycles. The number of sulfonamides is 1. The number of aromatic nitrogens is 1. The Balaban J connectivity index is 2.47. The van der Waals surface area contributed by atoms with Gasteiger partial charge in [0.1, 0.15) is 5.25 Å².